The van der Waals surface area contributed by atoms with Crippen LogP contribution < -0.4 is 4.65 Å². The number of benzene rings is 1. The fourth-order valence-electron chi connectivity index (χ4n) is 2.92. The van der Waals surface area contributed by atoms with Crippen LogP contribution in [-0.2, 0) is 4.84 Å². The first-order valence-electron chi connectivity index (χ1n) is 7.24. The Labute approximate surface area is 132 Å². The van der Waals surface area contributed by atoms with Gasteiger partial charge in [0.1, 0.15) is 17.9 Å². The smallest absolute Gasteiger partial charge is 0.229 e. The second-order valence-electron chi connectivity index (χ2n) is 5.21. The lowest BCUT2D eigenvalue weighted by atomic mass is 10.2. The number of pyridine rings is 1. The maximum atomic E-state index is 5.76. The maximum absolute atomic E-state index is 5.76. The van der Waals surface area contributed by atoms with Crippen LogP contribution >= 0.6 is 11.3 Å². The lowest BCUT2D eigenvalue weighted by Gasteiger charge is -2.25. The summed E-state index contributed by atoms with van der Waals surface area (Å²) in [6.45, 7) is 2.86. The summed E-state index contributed by atoms with van der Waals surface area (Å²) in [5.41, 5.74) is 2.92. The van der Waals surface area contributed by atoms with Crippen molar-refractivity contribution in [1.82, 2.24) is 9.63 Å². The molecule has 1 aliphatic heterocycles. The summed E-state index contributed by atoms with van der Waals surface area (Å²) in [6, 6.07) is 12.5. The van der Waals surface area contributed by atoms with Gasteiger partial charge in [0.25, 0.3) is 0 Å². The zero-order valence-electron chi connectivity index (χ0n) is 12.5. The van der Waals surface area contributed by atoms with Gasteiger partial charge in [0.2, 0.25) is 12.0 Å². The van der Waals surface area contributed by atoms with Crippen LogP contribution in [0.2, 0.25) is 0 Å². The molecule has 0 N–H and O–H groups in total. The molecule has 5 heteroatoms. The van der Waals surface area contributed by atoms with Crippen molar-refractivity contribution in [2.24, 2.45) is 4.99 Å². The van der Waals surface area contributed by atoms with Crippen LogP contribution in [0.15, 0.2) is 47.6 Å². The molecule has 4 rings (SSSR count). The molecule has 0 saturated heterocycles. The van der Waals surface area contributed by atoms with Crippen molar-refractivity contribution in [3.63, 3.8) is 0 Å². The Hall–Kier alpha value is -2.08. The van der Waals surface area contributed by atoms with Gasteiger partial charge in [0, 0.05) is 10.9 Å². The number of aliphatic imine (C=N–C) groups is 1. The highest BCUT2D eigenvalue weighted by atomic mass is 32.1. The summed E-state index contributed by atoms with van der Waals surface area (Å²) < 4.78 is 1.55. The first-order chi connectivity index (χ1) is 10.8. The molecule has 22 heavy (non-hydrogen) atoms. The van der Waals surface area contributed by atoms with Crippen molar-refractivity contribution in [2.75, 3.05) is 13.7 Å². The molecule has 1 aromatic carbocycles. The molecule has 0 fully saturated rings. The fourth-order valence-corrected chi connectivity index (χ4v) is 3.98. The summed E-state index contributed by atoms with van der Waals surface area (Å²) in [6.07, 6.45) is 3.67. The Balaban J connectivity index is 1.96. The van der Waals surface area contributed by atoms with Crippen molar-refractivity contribution < 1.29 is 4.84 Å². The van der Waals surface area contributed by atoms with Gasteiger partial charge in [-0.3, -0.25) is 0 Å². The van der Waals surface area contributed by atoms with Gasteiger partial charge in [-0.1, -0.05) is 18.2 Å². The monoisotopic (exact) mass is 310 g/mol. The van der Waals surface area contributed by atoms with E-state index in [9.17, 15) is 0 Å². The van der Waals surface area contributed by atoms with E-state index in [1.807, 2.05) is 18.6 Å². The summed E-state index contributed by atoms with van der Waals surface area (Å²) >= 11 is 1.75. The van der Waals surface area contributed by atoms with Gasteiger partial charge in [0.15, 0.2) is 0 Å². The molecular formula is C17H16N3OS+. The minimum absolute atomic E-state index is 0.284. The van der Waals surface area contributed by atoms with Crippen LogP contribution in [0.25, 0.3) is 20.7 Å². The number of fused-ring (bicyclic) bond motifs is 2. The molecule has 1 unspecified atom stereocenters. The van der Waals surface area contributed by atoms with Gasteiger partial charge >= 0.3 is 0 Å². The highest BCUT2D eigenvalue weighted by Gasteiger charge is 2.40. The highest BCUT2D eigenvalue weighted by Crippen LogP contribution is 2.46. The third kappa shape index (κ3) is 1.83. The minimum Gasteiger partial charge on any atom is -0.249 e. The predicted octanol–water partition coefficient (Wildman–Crippen LogP) is 4.53. The van der Waals surface area contributed by atoms with Crippen LogP contribution in [-0.4, -0.2) is 25.0 Å². The van der Waals surface area contributed by atoms with E-state index in [0.29, 0.717) is 0 Å². The molecule has 1 atom stereocenters. The van der Waals surface area contributed by atoms with E-state index < -0.39 is 0 Å². The number of aromatic nitrogens is 1. The SMILES string of the molecule is CC[N+]1(OC)C=Nc2ccnc(-c3cc4ccccc4s3)c21. The van der Waals surface area contributed by atoms with E-state index in [1.165, 1.54) is 10.1 Å². The number of hydrogen-bond acceptors (Lipinski definition) is 4. The van der Waals surface area contributed by atoms with E-state index in [2.05, 4.69) is 47.2 Å². The summed E-state index contributed by atoms with van der Waals surface area (Å²) in [5, 5.41) is 1.24. The number of thiophene rings is 1. The van der Waals surface area contributed by atoms with Crippen molar-refractivity contribution >= 4 is 39.1 Å². The minimum atomic E-state index is 0.284. The third-order valence-electron chi connectivity index (χ3n) is 4.12. The molecule has 3 heterocycles. The third-order valence-corrected chi connectivity index (χ3v) is 5.24. The lowest BCUT2D eigenvalue weighted by Crippen LogP contribution is -2.45. The standard InChI is InChI=1S/C17H16N3OS/c1-3-20(21-2)11-19-13-8-9-18-16(17(13)20)15-10-12-6-4-5-7-14(12)22-15/h4-11H,3H2,1-2H3/q+1. The summed E-state index contributed by atoms with van der Waals surface area (Å²) in [7, 11) is 1.71. The number of rotatable bonds is 3. The molecule has 0 spiro atoms. The Morgan fingerprint density at radius 3 is 2.86 bits per heavy atom. The number of hydrogen-bond donors (Lipinski definition) is 0. The van der Waals surface area contributed by atoms with Gasteiger partial charge in [-0.15, -0.1) is 16.0 Å². The molecule has 0 radical (unpaired) electrons. The zero-order chi connectivity index (χ0) is 15.2. The first-order valence-corrected chi connectivity index (χ1v) is 8.06. The topological polar surface area (TPSA) is 34.5 Å². The maximum Gasteiger partial charge on any atom is 0.229 e. The molecule has 0 bridgehead atoms. The van der Waals surface area contributed by atoms with Gasteiger partial charge in [0.05, 0.1) is 12.0 Å². The van der Waals surface area contributed by atoms with Crippen LogP contribution in [0, 0.1) is 0 Å². The van der Waals surface area contributed by atoms with E-state index in [4.69, 9.17) is 4.84 Å². The van der Waals surface area contributed by atoms with E-state index in [-0.39, 0.29) is 4.65 Å². The Kier molecular flexibility index (Phi) is 3.07. The number of hydroxylamine groups is 2. The molecule has 4 nitrogen and oxygen atoms in total. The lowest BCUT2D eigenvalue weighted by molar-refractivity contribution is -0.0440. The summed E-state index contributed by atoms with van der Waals surface area (Å²) in [5.74, 6) is 0. The quantitative estimate of drug-likeness (QED) is 0.666. The Morgan fingerprint density at radius 2 is 2.09 bits per heavy atom. The first kappa shape index (κ1) is 13.6. The largest absolute Gasteiger partial charge is 0.249 e. The summed E-state index contributed by atoms with van der Waals surface area (Å²) in [4.78, 5) is 16.1. The average molecular weight is 310 g/mol. The molecule has 0 amide bonds. The van der Waals surface area contributed by atoms with E-state index >= 15 is 0 Å². The highest BCUT2D eigenvalue weighted by molar-refractivity contribution is 7.22. The van der Waals surface area contributed by atoms with Crippen molar-refractivity contribution in [2.45, 2.75) is 6.92 Å². The average Bonchev–Trinajstić information content (AvgIpc) is 3.16. The zero-order valence-corrected chi connectivity index (χ0v) is 13.3. The van der Waals surface area contributed by atoms with Crippen molar-refractivity contribution in [1.29, 1.82) is 0 Å². The molecule has 110 valence electrons. The molecule has 2 aromatic heterocycles. The van der Waals surface area contributed by atoms with Gasteiger partial charge in [-0.05, 0) is 30.5 Å². The Morgan fingerprint density at radius 1 is 1.23 bits per heavy atom. The van der Waals surface area contributed by atoms with E-state index in [1.54, 1.807) is 18.4 Å². The number of quaternary nitrogens is 1. The van der Waals surface area contributed by atoms with E-state index in [0.717, 1.165) is 28.5 Å². The molecule has 0 saturated carbocycles. The van der Waals surface area contributed by atoms with Crippen LogP contribution in [0.5, 0.6) is 0 Å². The van der Waals surface area contributed by atoms with Crippen LogP contribution in [0.1, 0.15) is 6.92 Å². The van der Waals surface area contributed by atoms with Crippen LogP contribution in [0.4, 0.5) is 11.4 Å². The fraction of sp³-hybridized carbons (Fsp3) is 0.176. The van der Waals surface area contributed by atoms with Crippen molar-refractivity contribution in [3.05, 3.63) is 42.6 Å². The predicted molar refractivity (Wildman–Crippen MR) is 92.6 cm³/mol. The Bertz CT molecular complexity index is 847. The normalized spacial score (nSPS) is 19.7. The van der Waals surface area contributed by atoms with Gasteiger partial charge in [-0.25, -0.2) is 4.98 Å². The molecular weight excluding hydrogens is 294 g/mol. The van der Waals surface area contributed by atoms with Gasteiger partial charge in [-0.2, -0.15) is 9.83 Å². The molecule has 0 aliphatic carbocycles. The number of nitrogens with zero attached hydrogens (tertiary/aromatic N) is 3. The molecule has 3 aromatic rings. The molecule has 1 aliphatic rings. The van der Waals surface area contributed by atoms with Gasteiger partial charge < -0.3 is 0 Å². The second kappa shape index (κ2) is 4.98. The van der Waals surface area contributed by atoms with Crippen LogP contribution in [0.3, 0.4) is 0 Å². The second-order valence-corrected chi connectivity index (χ2v) is 6.30. The van der Waals surface area contributed by atoms with Crippen molar-refractivity contribution in [3.8, 4) is 10.6 Å².